The lowest BCUT2D eigenvalue weighted by Gasteiger charge is -2.08. The fourth-order valence-electron chi connectivity index (χ4n) is 2.23. The summed E-state index contributed by atoms with van der Waals surface area (Å²) >= 11 is 5.87. The molecule has 0 saturated heterocycles. The van der Waals surface area contributed by atoms with Crippen LogP contribution < -0.4 is 5.32 Å². The van der Waals surface area contributed by atoms with Crippen molar-refractivity contribution in [3.63, 3.8) is 0 Å². The minimum atomic E-state index is 0.461. The lowest BCUT2D eigenvalue weighted by atomic mass is 10.1. The van der Waals surface area contributed by atoms with Crippen molar-refractivity contribution >= 4 is 17.4 Å². The van der Waals surface area contributed by atoms with Crippen LogP contribution in [0.5, 0.6) is 0 Å². The molecular formula is C17H15ClN6O. The van der Waals surface area contributed by atoms with Crippen LogP contribution in [0.15, 0.2) is 28.8 Å². The summed E-state index contributed by atoms with van der Waals surface area (Å²) in [6.07, 6.45) is 0.500. The van der Waals surface area contributed by atoms with E-state index in [-0.39, 0.29) is 0 Å². The largest absolute Gasteiger partial charge is 0.367 e. The van der Waals surface area contributed by atoms with Gasteiger partial charge in [-0.2, -0.15) is 15.3 Å². The Morgan fingerprint density at radius 3 is 2.68 bits per heavy atom. The number of nitrogens with zero attached hydrogens (tertiary/aromatic N) is 5. The number of anilines is 1. The number of halogens is 1. The van der Waals surface area contributed by atoms with Gasteiger partial charge in [-0.25, -0.2) is 0 Å². The van der Waals surface area contributed by atoms with Crippen LogP contribution in [0.1, 0.15) is 22.7 Å². The number of hydrogen-bond acceptors (Lipinski definition) is 7. The topological polar surface area (TPSA) is 101 Å². The highest BCUT2D eigenvalue weighted by Crippen LogP contribution is 2.19. The molecule has 7 nitrogen and oxygen atoms in total. The summed E-state index contributed by atoms with van der Waals surface area (Å²) in [7, 11) is 0. The minimum Gasteiger partial charge on any atom is -0.367 e. The zero-order valence-corrected chi connectivity index (χ0v) is 14.5. The molecule has 0 saturated carbocycles. The van der Waals surface area contributed by atoms with Gasteiger partial charge in [0.25, 0.3) is 0 Å². The van der Waals surface area contributed by atoms with Gasteiger partial charge in [0, 0.05) is 23.6 Å². The third-order valence-corrected chi connectivity index (χ3v) is 4.02. The van der Waals surface area contributed by atoms with Crippen molar-refractivity contribution < 1.29 is 4.52 Å². The average molecular weight is 355 g/mol. The second-order valence-corrected chi connectivity index (χ2v) is 5.88. The summed E-state index contributed by atoms with van der Waals surface area (Å²) < 4.78 is 5.25. The number of nitrogens with one attached hydrogen (secondary N) is 1. The molecule has 0 bridgehead atoms. The Balaban J connectivity index is 1.65. The van der Waals surface area contributed by atoms with Crippen LogP contribution in [0.25, 0.3) is 11.4 Å². The molecule has 3 aromatic rings. The molecule has 0 spiro atoms. The monoisotopic (exact) mass is 354 g/mol. The van der Waals surface area contributed by atoms with Gasteiger partial charge in [-0.05, 0) is 43.7 Å². The summed E-state index contributed by atoms with van der Waals surface area (Å²) in [5.74, 6) is 1.46. The number of hydrogen-bond donors (Lipinski definition) is 1. The SMILES string of the molecule is Cc1nnc(NCCc2nc(-c3ccc(Cl)cc3)no2)c(C#N)c1C. The van der Waals surface area contributed by atoms with Crippen LogP contribution in [-0.2, 0) is 6.42 Å². The van der Waals surface area contributed by atoms with Crippen molar-refractivity contribution in [2.45, 2.75) is 20.3 Å². The summed E-state index contributed by atoms with van der Waals surface area (Å²) in [5, 5.41) is 25.1. The maximum atomic E-state index is 9.28. The van der Waals surface area contributed by atoms with Crippen LogP contribution in [0.4, 0.5) is 5.82 Å². The van der Waals surface area contributed by atoms with Gasteiger partial charge in [-0.3, -0.25) is 0 Å². The van der Waals surface area contributed by atoms with E-state index in [1.165, 1.54) is 0 Å². The number of aromatic nitrogens is 4. The molecule has 2 aromatic heterocycles. The van der Waals surface area contributed by atoms with Crippen molar-refractivity contribution in [1.29, 1.82) is 5.26 Å². The van der Waals surface area contributed by atoms with Crippen molar-refractivity contribution in [3.8, 4) is 17.5 Å². The maximum Gasteiger partial charge on any atom is 0.228 e. The highest BCUT2D eigenvalue weighted by Gasteiger charge is 2.12. The van der Waals surface area contributed by atoms with E-state index < -0.39 is 0 Å². The van der Waals surface area contributed by atoms with Gasteiger partial charge in [0.2, 0.25) is 11.7 Å². The van der Waals surface area contributed by atoms with E-state index in [1.54, 1.807) is 12.1 Å². The molecule has 25 heavy (non-hydrogen) atoms. The molecule has 0 aliphatic rings. The van der Waals surface area contributed by atoms with E-state index >= 15 is 0 Å². The Morgan fingerprint density at radius 1 is 1.20 bits per heavy atom. The van der Waals surface area contributed by atoms with Gasteiger partial charge in [0.05, 0.1) is 5.69 Å². The standard InChI is InChI=1S/C17H15ClN6O/c1-10-11(2)22-23-17(14(10)9-19)20-8-7-15-21-16(24-25-15)12-3-5-13(18)6-4-12/h3-6H,7-8H2,1-2H3,(H,20,23). The summed E-state index contributed by atoms with van der Waals surface area (Å²) in [6.45, 7) is 4.17. The first-order valence-corrected chi connectivity index (χ1v) is 8.02. The number of rotatable bonds is 5. The van der Waals surface area contributed by atoms with Crippen LogP contribution in [-0.4, -0.2) is 26.9 Å². The highest BCUT2D eigenvalue weighted by atomic mass is 35.5. The van der Waals surface area contributed by atoms with Crippen molar-refractivity contribution in [1.82, 2.24) is 20.3 Å². The molecule has 0 fully saturated rings. The normalized spacial score (nSPS) is 10.5. The molecule has 0 unspecified atom stereocenters. The second kappa shape index (κ2) is 7.28. The third kappa shape index (κ3) is 3.75. The van der Waals surface area contributed by atoms with E-state index in [0.717, 1.165) is 16.8 Å². The van der Waals surface area contributed by atoms with Crippen LogP contribution in [0.3, 0.4) is 0 Å². The van der Waals surface area contributed by atoms with Crippen molar-refractivity contribution in [2.24, 2.45) is 0 Å². The zero-order valence-electron chi connectivity index (χ0n) is 13.7. The van der Waals surface area contributed by atoms with Gasteiger partial charge in [0.1, 0.15) is 11.6 Å². The Hall–Kier alpha value is -2.98. The van der Waals surface area contributed by atoms with Crippen molar-refractivity contribution in [2.75, 3.05) is 11.9 Å². The predicted molar refractivity (Wildman–Crippen MR) is 93.2 cm³/mol. The summed E-state index contributed by atoms with van der Waals surface area (Å²) in [4.78, 5) is 4.35. The average Bonchev–Trinajstić information content (AvgIpc) is 3.08. The Bertz CT molecular complexity index is 929. The molecule has 8 heteroatoms. The molecule has 1 aromatic carbocycles. The zero-order chi connectivity index (χ0) is 17.8. The molecule has 3 rings (SSSR count). The minimum absolute atomic E-state index is 0.461. The fraction of sp³-hybridized carbons (Fsp3) is 0.235. The third-order valence-electron chi connectivity index (χ3n) is 3.77. The van der Waals surface area contributed by atoms with E-state index in [1.807, 2.05) is 26.0 Å². The summed E-state index contributed by atoms with van der Waals surface area (Å²) in [6, 6.07) is 9.37. The van der Waals surface area contributed by atoms with Crippen molar-refractivity contribution in [3.05, 3.63) is 52.0 Å². The van der Waals surface area contributed by atoms with Gasteiger partial charge in [-0.1, -0.05) is 16.8 Å². The lowest BCUT2D eigenvalue weighted by molar-refractivity contribution is 0.381. The maximum absolute atomic E-state index is 9.28. The van der Waals surface area contributed by atoms with Gasteiger partial charge in [0.15, 0.2) is 5.82 Å². The number of nitriles is 1. The first-order chi connectivity index (χ1) is 12.1. The molecule has 0 radical (unpaired) electrons. The van der Waals surface area contributed by atoms with E-state index in [9.17, 15) is 5.26 Å². The molecule has 2 heterocycles. The van der Waals surface area contributed by atoms with E-state index in [2.05, 4.69) is 31.7 Å². The second-order valence-electron chi connectivity index (χ2n) is 5.44. The summed E-state index contributed by atoms with van der Waals surface area (Å²) in [5.41, 5.74) is 2.90. The Labute approximate surface area is 149 Å². The van der Waals surface area contributed by atoms with Crippen LogP contribution in [0, 0.1) is 25.2 Å². The van der Waals surface area contributed by atoms with Gasteiger partial charge >= 0.3 is 0 Å². The van der Waals surface area contributed by atoms with Crippen LogP contribution >= 0.6 is 11.6 Å². The molecule has 0 aliphatic carbocycles. The Kier molecular flexibility index (Phi) is 4.91. The first kappa shape index (κ1) is 16.9. The predicted octanol–water partition coefficient (Wildman–Crippen LogP) is 3.32. The highest BCUT2D eigenvalue weighted by molar-refractivity contribution is 6.30. The molecule has 1 N–H and O–H groups in total. The molecule has 126 valence electrons. The Morgan fingerprint density at radius 2 is 1.96 bits per heavy atom. The van der Waals surface area contributed by atoms with Crippen LogP contribution in [0.2, 0.25) is 5.02 Å². The van der Waals surface area contributed by atoms with E-state index in [0.29, 0.717) is 41.1 Å². The lowest BCUT2D eigenvalue weighted by Crippen LogP contribution is -2.10. The number of aryl methyl sites for hydroxylation is 1. The quantitative estimate of drug-likeness (QED) is 0.749. The number of benzene rings is 1. The fourth-order valence-corrected chi connectivity index (χ4v) is 2.36. The smallest absolute Gasteiger partial charge is 0.228 e. The van der Waals surface area contributed by atoms with Gasteiger partial charge < -0.3 is 9.84 Å². The van der Waals surface area contributed by atoms with Gasteiger partial charge in [-0.15, -0.1) is 5.10 Å². The molecule has 0 atom stereocenters. The van der Waals surface area contributed by atoms with E-state index in [4.69, 9.17) is 16.1 Å². The first-order valence-electron chi connectivity index (χ1n) is 7.65. The molecule has 0 amide bonds. The molecular weight excluding hydrogens is 340 g/mol. The molecule has 0 aliphatic heterocycles.